The molecule has 5 rings (SSSR count). The van der Waals surface area contributed by atoms with Crippen molar-refractivity contribution in [3.8, 4) is 0 Å². The van der Waals surface area contributed by atoms with Crippen LogP contribution in [-0.2, 0) is 6.42 Å². The molecule has 6 nitrogen and oxygen atoms in total. The zero-order valence-electron chi connectivity index (χ0n) is 16.7. The molecular weight excluding hydrogens is 376 g/mol. The van der Waals surface area contributed by atoms with Crippen molar-refractivity contribution < 1.29 is 9.90 Å². The van der Waals surface area contributed by atoms with Gasteiger partial charge in [-0.15, -0.1) is 0 Å². The molecule has 2 heterocycles. The second-order valence-electron chi connectivity index (χ2n) is 7.98. The smallest absolute Gasteiger partial charge is 0.335 e. The third-order valence-electron chi connectivity index (χ3n) is 5.61. The van der Waals surface area contributed by atoms with E-state index >= 15 is 0 Å². The number of fused-ring (bicyclic) bond motifs is 3. The van der Waals surface area contributed by atoms with Crippen LogP contribution in [0.25, 0.3) is 21.8 Å². The third-order valence-corrected chi connectivity index (χ3v) is 5.61. The summed E-state index contributed by atoms with van der Waals surface area (Å²) in [5.41, 5.74) is 2.92. The maximum Gasteiger partial charge on any atom is 0.335 e. The van der Waals surface area contributed by atoms with E-state index in [1.54, 1.807) is 18.2 Å². The average Bonchev–Trinajstić information content (AvgIpc) is 3.58. The number of hydrogen-bond donors (Lipinski definition) is 2. The zero-order chi connectivity index (χ0) is 20.7. The van der Waals surface area contributed by atoms with Crippen molar-refractivity contribution in [1.29, 1.82) is 0 Å². The Hall–Kier alpha value is -3.54. The van der Waals surface area contributed by atoms with Gasteiger partial charge < -0.3 is 10.4 Å². The molecule has 150 valence electrons. The highest BCUT2D eigenvalue weighted by molar-refractivity contribution is 6.09. The van der Waals surface area contributed by atoms with Crippen LogP contribution in [0.2, 0.25) is 0 Å². The van der Waals surface area contributed by atoms with Gasteiger partial charge in [0.05, 0.1) is 11.1 Å². The standard InChI is InChI=1S/C24H22N4O2/c1-14(15-5-3-2-4-6-15)11-21-25-13-19-18-10-7-16(24(29)30)12-20(18)27-23(22(19)28-21)26-17-8-9-17/h2-7,10,12-14,17H,8-9,11H2,1H3,(H,26,27)(H,29,30). The number of hydrogen-bond acceptors (Lipinski definition) is 5. The van der Waals surface area contributed by atoms with Gasteiger partial charge in [-0.25, -0.2) is 19.7 Å². The largest absolute Gasteiger partial charge is 0.478 e. The summed E-state index contributed by atoms with van der Waals surface area (Å²) in [4.78, 5) is 25.6. The van der Waals surface area contributed by atoms with Crippen molar-refractivity contribution in [2.75, 3.05) is 5.32 Å². The number of carbonyl (C=O) groups is 1. The molecule has 0 bridgehead atoms. The van der Waals surface area contributed by atoms with E-state index in [0.29, 0.717) is 23.3 Å². The van der Waals surface area contributed by atoms with Crippen molar-refractivity contribution in [2.24, 2.45) is 0 Å². The molecule has 1 fully saturated rings. The summed E-state index contributed by atoms with van der Waals surface area (Å²) in [6.07, 6.45) is 4.80. The number of rotatable bonds is 6. The number of aromatic carboxylic acids is 1. The monoisotopic (exact) mass is 398 g/mol. The SMILES string of the molecule is CC(Cc1ncc2c(n1)c(NC1CC1)nc1cc(C(=O)O)ccc12)c1ccccc1. The van der Waals surface area contributed by atoms with Gasteiger partial charge in [-0.2, -0.15) is 0 Å². The Morgan fingerprint density at radius 1 is 1.13 bits per heavy atom. The molecule has 1 unspecified atom stereocenters. The van der Waals surface area contributed by atoms with Crippen molar-refractivity contribution in [2.45, 2.75) is 38.1 Å². The molecule has 1 aliphatic carbocycles. The van der Waals surface area contributed by atoms with Crippen LogP contribution in [-0.4, -0.2) is 32.1 Å². The summed E-state index contributed by atoms with van der Waals surface area (Å²) >= 11 is 0. The summed E-state index contributed by atoms with van der Waals surface area (Å²) in [5.74, 6) is 0.826. The molecule has 2 N–H and O–H groups in total. The second-order valence-corrected chi connectivity index (χ2v) is 7.98. The minimum absolute atomic E-state index is 0.223. The fourth-order valence-electron chi connectivity index (χ4n) is 3.75. The Labute approximate surface area is 174 Å². The van der Waals surface area contributed by atoms with E-state index in [4.69, 9.17) is 9.97 Å². The van der Waals surface area contributed by atoms with Gasteiger partial charge in [0.1, 0.15) is 11.3 Å². The lowest BCUT2D eigenvalue weighted by molar-refractivity contribution is 0.0697. The van der Waals surface area contributed by atoms with E-state index in [1.807, 2.05) is 24.4 Å². The summed E-state index contributed by atoms with van der Waals surface area (Å²) in [6, 6.07) is 15.8. The third kappa shape index (κ3) is 3.56. The molecule has 0 aliphatic heterocycles. The molecule has 0 amide bonds. The fraction of sp³-hybridized carbons (Fsp3) is 0.250. The first-order valence-corrected chi connectivity index (χ1v) is 10.2. The predicted octanol–water partition coefficient (Wildman–Crippen LogP) is 4.80. The van der Waals surface area contributed by atoms with Gasteiger partial charge in [0.25, 0.3) is 0 Å². The number of anilines is 1. The van der Waals surface area contributed by atoms with Crippen LogP contribution >= 0.6 is 0 Å². The number of nitrogens with one attached hydrogen (secondary N) is 1. The van der Waals surface area contributed by atoms with E-state index in [0.717, 1.165) is 41.4 Å². The summed E-state index contributed by atoms with van der Waals surface area (Å²) < 4.78 is 0. The van der Waals surface area contributed by atoms with Crippen LogP contribution in [0.3, 0.4) is 0 Å². The predicted molar refractivity (Wildman–Crippen MR) is 117 cm³/mol. The van der Waals surface area contributed by atoms with Crippen LogP contribution in [0.5, 0.6) is 0 Å². The molecule has 2 aromatic carbocycles. The lowest BCUT2D eigenvalue weighted by Gasteiger charge is -2.14. The Bertz CT molecular complexity index is 1250. The molecule has 1 saturated carbocycles. The normalized spacial score (nSPS) is 14.7. The molecule has 1 atom stereocenters. The quantitative estimate of drug-likeness (QED) is 0.454. The van der Waals surface area contributed by atoms with Crippen molar-refractivity contribution in [1.82, 2.24) is 15.0 Å². The zero-order valence-corrected chi connectivity index (χ0v) is 16.7. The number of aromatic nitrogens is 3. The van der Waals surface area contributed by atoms with E-state index in [1.165, 1.54) is 5.56 Å². The minimum atomic E-state index is -0.961. The van der Waals surface area contributed by atoms with E-state index in [9.17, 15) is 9.90 Å². The molecule has 6 heteroatoms. The number of carboxylic acids is 1. The highest BCUT2D eigenvalue weighted by atomic mass is 16.4. The Morgan fingerprint density at radius 2 is 1.93 bits per heavy atom. The van der Waals surface area contributed by atoms with E-state index in [-0.39, 0.29) is 5.56 Å². The van der Waals surface area contributed by atoms with Crippen LogP contribution in [0.15, 0.2) is 54.7 Å². The minimum Gasteiger partial charge on any atom is -0.478 e. The molecule has 4 aromatic rings. The second kappa shape index (κ2) is 7.37. The molecule has 0 spiro atoms. The maximum absolute atomic E-state index is 11.4. The lowest BCUT2D eigenvalue weighted by Crippen LogP contribution is -2.08. The number of nitrogens with zero attached hydrogens (tertiary/aromatic N) is 3. The Balaban J connectivity index is 1.59. The van der Waals surface area contributed by atoms with Gasteiger partial charge in [0.2, 0.25) is 0 Å². The van der Waals surface area contributed by atoms with Gasteiger partial charge in [-0.3, -0.25) is 0 Å². The first-order chi connectivity index (χ1) is 14.6. The van der Waals surface area contributed by atoms with Gasteiger partial charge in [0, 0.05) is 29.4 Å². The lowest BCUT2D eigenvalue weighted by atomic mass is 9.97. The van der Waals surface area contributed by atoms with Crippen LogP contribution < -0.4 is 5.32 Å². The number of carboxylic acid groups (broad SMARTS) is 1. The van der Waals surface area contributed by atoms with Crippen molar-refractivity contribution in [3.63, 3.8) is 0 Å². The molecule has 1 aliphatic rings. The maximum atomic E-state index is 11.4. The van der Waals surface area contributed by atoms with Crippen LogP contribution in [0, 0.1) is 0 Å². The highest BCUT2D eigenvalue weighted by Gasteiger charge is 2.24. The van der Waals surface area contributed by atoms with Crippen molar-refractivity contribution >= 4 is 33.6 Å². The summed E-state index contributed by atoms with van der Waals surface area (Å²) in [6.45, 7) is 2.18. The Morgan fingerprint density at radius 3 is 2.67 bits per heavy atom. The molecular formula is C24H22N4O2. The molecule has 30 heavy (non-hydrogen) atoms. The van der Waals surface area contributed by atoms with Gasteiger partial charge in [-0.1, -0.05) is 43.3 Å². The summed E-state index contributed by atoms with van der Waals surface area (Å²) in [7, 11) is 0. The number of benzene rings is 2. The summed E-state index contributed by atoms with van der Waals surface area (Å²) in [5, 5.41) is 14.5. The van der Waals surface area contributed by atoms with Gasteiger partial charge in [-0.05, 0) is 36.5 Å². The molecule has 0 radical (unpaired) electrons. The molecule has 0 saturated heterocycles. The first kappa shape index (κ1) is 18.5. The van der Waals surface area contributed by atoms with Crippen LogP contribution in [0.4, 0.5) is 5.82 Å². The molecule has 2 aromatic heterocycles. The van der Waals surface area contributed by atoms with E-state index < -0.39 is 5.97 Å². The highest BCUT2D eigenvalue weighted by Crippen LogP contribution is 2.32. The van der Waals surface area contributed by atoms with Gasteiger partial charge in [0.15, 0.2) is 5.82 Å². The topological polar surface area (TPSA) is 88.0 Å². The van der Waals surface area contributed by atoms with Gasteiger partial charge >= 0.3 is 5.97 Å². The first-order valence-electron chi connectivity index (χ1n) is 10.2. The average molecular weight is 398 g/mol. The van der Waals surface area contributed by atoms with E-state index in [2.05, 4.69) is 29.4 Å². The van der Waals surface area contributed by atoms with Crippen LogP contribution in [0.1, 0.15) is 47.4 Å². The Kier molecular flexibility index (Phi) is 4.54. The number of pyridine rings is 1. The van der Waals surface area contributed by atoms with Crippen molar-refractivity contribution in [3.05, 3.63) is 71.7 Å². The fourth-order valence-corrected chi connectivity index (χ4v) is 3.75.